The summed E-state index contributed by atoms with van der Waals surface area (Å²) in [6.45, 7) is 2.16. The fourth-order valence-corrected chi connectivity index (χ4v) is 2.59. The van der Waals surface area contributed by atoms with Crippen molar-refractivity contribution in [2.45, 2.75) is 6.54 Å². The molecule has 0 unspecified atom stereocenters. The van der Waals surface area contributed by atoms with Gasteiger partial charge in [0.2, 0.25) is 0 Å². The Bertz CT molecular complexity index is 402. The molecule has 1 aromatic carbocycles. The Labute approximate surface area is 105 Å². The van der Waals surface area contributed by atoms with Crippen molar-refractivity contribution in [2.75, 3.05) is 24.6 Å². The summed E-state index contributed by atoms with van der Waals surface area (Å²) in [5, 5.41) is 0. The number of thioether (sulfide) groups is 1. The molecule has 2 N–H and O–H groups in total. The van der Waals surface area contributed by atoms with Crippen molar-refractivity contribution in [1.29, 1.82) is 0 Å². The predicted octanol–water partition coefficient (Wildman–Crippen LogP) is 1.69. The van der Waals surface area contributed by atoms with Crippen molar-refractivity contribution in [3.05, 3.63) is 35.6 Å². The number of hydrogen-bond acceptors (Lipinski definition) is 2. The number of nitrogens with zero attached hydrogens (tertiary/aromatic N) is 2. The molecule has 0 aromatic heterocycles. The summed E-state index contributed by atoms with van der Waals surface area (Å²) < 4.78 is 13.4. The van der Waals surface area contributed by atoms with E-state index < -0.39 is 0 Å². The average Bonchev–Trinajstić information content (AvgIpc) is 2.38. The van der Waals surface area contributed by atoms with Crippen LogP contribution in [-0.2, 0) is 6.54 Å². The molecule has 3 nitrogen and oxygen atoms in total. The van der Waals surface area contributed by atoms with Gasteiger partial charge in [-0.15, -0.1) is 0 Å². The van der Waals surface area contributed by atoms with Crippen molar-refractivity contribution in [2.24, 2.45) is 10.7 Å². The number of rotatable bonds is 2. The monoisotopic (exact) mass is 253 g/mol. The van der Waals surface area contributed by atoms with E-state index in [1.807, 2.05) is 17.8 Å². The predicted molar refractivity (Wildman–Crippen MR) is 70.6 cm³/mol. The molecule has 1 aromatic rings. The van der Waals surface area contributed by atoms with Crippen LogP contribution < -0.4 is 5.73 Å². The van der Waals surface area contributed by atoms with E-state index >= 15 is 0 Å². The summed E-state index contributed by atoms with van der Waals surface area (Å²) in [6, 6.07) is 6.66. The maximum atomic E-state index is 13.4. The molecular formula is C12H16FN3S. The SMILES string of the molecule is NC(=NCc1ccccc1F)N1CCSCC1. The maximum Gasteiger partial charge on any atom is 0.191 e. The topological polar surface area (TPSA) is 41.6 Å². The Morgan fingerprint density at radius 2 is 2.06 bits per heavy atom. The zero-order valence-electron chi connectivity index (χ0n) is 9.60. The quantitative estimate of drug-likeness (QED) is 0.644. The minimum Gasteiger partial charge on any atom is -0.370 e. The summed E-state index contributed by atoms with van der Waals surface area (Å²) in [7, 11) is 0. The first kappa shape index (κ1) is 12.2. The first-order valence-corrected chi connectivity index (χ1v) is 6.79. The Hall–Kier alpha value is -1.23. The molecule has 1 fully saturated rings. The fraction of sp³-hybridized carbons (Fsp3) is 0.417. The molecule has 1 heterocycles. The largest absolute Gasteiger partial charge is 0.370 e. The number of guanidine groups is 1. The molecule has 0 bridgehead atoms. The number of halogens is 1. The second-order valence-corrected chi connectivity index (χ2v) is 5.09. The molecule has 1 saturated heterocycles. The van der Waals surface area contributed by atoms with E-state index in [-0.39, 0.29) is 5.82 Å². The van der Waals surface area contributed by atoms with Gasteiger partial charge >= 0.3 is 0 Å². The van der Waals surface area contributed by atoms with Gasteiger partial charge in [-0.05, 0) is 6.07 Å². The summed E-state index contributed by atoms with van der Waals surface area (Å²) in [5.41, 5.74) is 6.48. The van der Waals surface area contributed by atoms with Crippen molar-refractivity contribution < 1.29 is 4.39 Å². The maximum absolute atomic E-state index is 13.4. The lowest BCUT2D eigenvalue weighted by Crippen LogP contribution is -2.42. The molecule has 92 valence electrons. The van der Waals surface area contributed by atoms with Gasteiger partial charge in [0.15, 0.2) is 5.96 Å². The molecule has 0 radical (unpaired) electrons. The highest BCUT2D eigenvalue weighted by Gasteiger charge is 2.12. The average molecular weight is 253 g/mol. The van der Waals surface area contributed by atoms with Crippen molar-refractivity contribution >= 4 is 17.7 Å². The van der Waals surface area contributed by atoms with Crippen LogP contribution in [0.3, 0.4) is 0 Å². The fourth-order valence-electron chi connectivity index (χ4n) is 1.69. The molecule has 1 aliphatic rings. The van der Waals surface area contributed by atoms with Crippen molar-refractivity contribution in [1.82, 2.24) is 4.90 Å². The van der Waals surface area contributed by atoms with Crippen LogP contribution in [0.1, 0.15) is 5.56 Å². The van der Waals surface area contributed by atoms with Gasteiger partial charge in [0.25, 0.3) is 0 Å². The molecule has 0 atom stereocenters. The van der Waals surface area contributed by atoms with E-state index in [2.05, 4.69) is 9.89 Å². The highest BCUT2D eigenvalue weighted by atomic mass is 32.2. The van der Waals surface area contributed by atoms with Crippen LogP contribution in [0.2, 0.25) is 0 Å². The van der Waals surface area contributed by atoms with E-state index in [1.54, 1.807) is 12.1 Å². The van der Waals surface area contributed by atoms with Crippen LogP contribution in [0.5, 0.6) is 0 Å². The van der Waals surface area contributed by atoms with E-state index in [0.717, 1.165) is 24.6 Å². The molecule has 2 rings (SSSR count). The Kier molecular flexibility index (Phi) is 4.25. The van der Waals surface area contributed by atoms with Gasteiger partial charge in [-0.2, -0.15) is 11.8 Å². The number of benzene rings is 1. The van der Waals surface area contributed by atoms with Gasteiger partial charge in [0.05, 0.1) is 6.54 Å². The van der Waals surface area contributed by atoms with E-state index in [9.17, 15) is 4.39 Å². The molecule has 0 spiro atoms. The standard InChI is InChI=1S/C12H16FN3S/c13-11-4-2-1-3-10(11)9-15-12(14)16-5-7-17-8-6-16/h1-4H,5-9H2,(H2,14,15). The minimum atomic E-state index is -0.224. The molecule has 0 amide bonds. The van der Waals surface area contributed by atoms with Gasteiger partial charge in [0.1, 0.15) is 5.82 Å². The van der Waals surface area contributed by atoms with Gasteiger partial charge in [-0.1, -0.05) is 18.2 Å². The van der Waals surface area contributed by atoms with Crippen LogP contribution in [0.15, 0.2) is 29.3 Å². The van der Waals surface area contributed by atoms with Crippen LogP contribution in [0.4, 0.5) is 4.39 Å². The van der Waals surface area contributed by atoms with Crippen LogP contribution in [0.25, 0.3) is 0 Å². The van der Waals surface area contributed by atoms with Crippen LogP contribution in [-0.4, -0.2) is 35.5 Å². The number of aliphatic imine (C=N–C) groups is 1. The molecular weight excluding hydrogens is 237 g/mol. The van der Waals surface area contributed by atoms with E-state index in [0.29, 0.717) is 18.1 Å². The van der Waals surface area contributed by atoms with Gasteiger partial charge in [0, 0.05) is 30.2 Å². The lowest BCUT2D eigenvalue weighted by atomic mass is 10.2. The molecule has 5 heteroatoms. The lowest BCUT2D eigenvalue weighted by Gasteiger charge is -2.27. The third-order valence-electron chi connectivity index (χ3n) is 2.70. The van der Waals surface area contributed by atoms with Gasteiger partial charge in [-0.25, -0.2) is 9.38 Å². The smallest absolute Gasteiger partial charge is 0.191 e. The molecule has 17 heavy (non-hydrogen) atoms. The second kappa shape index (κ2) is 5.91. The Balaban J connectivity index is 1.97. The third-order valence-corrected chi connectivity index (χ3v) is 3.65. The van der Waals surface area contributed by atoms with E-state index in [1.165, 1.54) is 6.07 Å². The highest BCUT2D eigenvalue weighted by Crippen LogP contribution is 2.10. The highest BCUT2D eigenvalue weighted by molar-refractivity contribution is 7.99. The Morgan fingerprint density at radius 1 is 1.35 bits per heavy atom. The summed E-state index contributed by atoms with van der Waals surface area (Å²) in [5.74, 6) is 2.46. The normalized spacial score (nSPS) is 17.2. The summed E-state index contributed by atoms with van der Waals surface area (Å²) >= 11 is 1.92. The molecule has 0 saturated carbocycles. The first-order valence-electron chi connectivity index (χ1n) is 5.63. The third kappa shape index (κ3) is 3.36. The van der Waals surface area contributed by atoms with Crippen LogP contribution in [0, 0.1) is 5.82 Å². The van der Waals surface area contributed by atoms with Gasteiger partial charge in [-0.3, -0.25) is 0 Å². The Morgan fingerprint density at radius 3 is 2.76 bits per heavy atom. The van der Waals surface area contributed by atoms with E-state index in [4.69, 9.17) is 5.73 Å². The van der Waals surface area contributed by atoms with Crippen molar-refractivity contribution in [3.8, 4) is 0 Å². The van der Waals surface area contributed by atoms with Gasteiger partial charge < -0.3 is 10.6 Å². The van der Waals surface area contributed by atoms with Crippen molar-refractivity contribution in [3.63, 3.8) is 0 Å². The first-order chi connectivity index (χ1) is 8.27. The number of hydrogen-bond donors (Lipinski definition) is 1. The minimum absolute atomic E-state index is 0.224. The molecule has 0 aliphatic carbocycles. The zero-order chi connectivity index (χ0) is 12.1. The second-order valence-electron chi connectivity index (χ2n) is 3.87. The molecule has 1 aliphatic heterocycles. The summed E-state index contributed by atoms with van der Waals surface area (Å²) in [6.07, 6.45) is 0. The zero-order valence-corrected chi connectivity index (χ0v) is 10.4. The van der Waals surface area contributed by atoms with Crippen LogP contribution >= 0.6 is 11.8 Å². The summed E-state index contributed by atoms with van der Waals surface area (Å²) in [4.78, 5) is 6.30. The lowest BCUT2D eigenvalue weighted by molar-refractivity contribution is 0.455. The number of nitrogens with two attached hydrogens (primary N) is 1.